The molecule has 1 aromatic heterocycles. The minimum absolute atomic E-state index is 0.0752. The van der Waals surface area contributed by atoms with Crippen LogP contribution in [0.5, 0.6) is 5.75 Å². The molecule has 1 aliphatic rings. The summed E-state index contributed by atoms with van der Waals surface area (Å²) in [7, 11) is 1.63. The van der Waals surface area contributed by atoms with Crippen LogP contribution >= 0.6 is 0 Å². The fourth-order valence-electron chi connectivity index (χ4n) is 3.76. The molecular weight excluding hydrogens is 378 g/mol. The van der Waals surface area contributed by atoms with E-state index in [1.165, 1.54) is 0 Å². The second-order valence-corrected chi connectivity index (χ2v) is 7.51. The van der Waals surface area contributed by atoms with Crippen molar-refractivity contribution in [3.05, 3.63) is 93.2 Å². The number of nitrogens with zero attached hydrogens (tertiary/aromatic N) is 2. The molecule has 0 bridgehead atoms. The zero-order valence-corrected chi connectivity index (χ0v) is 17.1. The van der Waals surface area contributed by atoms with Crippen LogP contribution in [0.4, 0.5) is 0 Å². The Morgan fingerprint density at radius 1 is 1.10 bits per heavy atom. The summed E-state index contributed by atoms with van der Waals surface area (Å²) in [6.07, 6.45) is 2.30. The van der Waals surface area contributed by atoms with Gasteiger partial charge in [-0.3, -0.25) is 9.59 Å². The molecule has 0 aliphatic carbocycles. The predicted octanol–water partition coefficient (Wildman–Crippen LogP) is 2.89. The van der Waals surface area contributed by atoms with Crippen molar-refractivity contribution in [2.45, 2.75) is 32.2 Å². The second-order valence-electron chi connectivity index (χ2n) is 7.51. The molecule has 30 heavy (non-hydrogen) atoms. The van der Waals surface area contributed by atoms with Crippen molar-refractivity contribution >= 4 is 5.91 Å². The van der Waals surface area contributed by atoms with E-state index in [4.69, 9.17) is 4.74 Å². The van der Waals surface area contributed by atoms with E-state index < -0.39 is 0 Å². The van der Waals surface area contributed by atoms with Crippen molar-refractivity contribution in [1.29, 1.82) is 0 Å². The molecule has 0 saturated heterocycles. The molecule has 2 aromatic carbocycles. The largest absolute Gasteiger partial charge is 0.497 e. The summed E-state index contributed by atoms with van der Waals surface area (Å²) in [5.74, 6) is 1.52. The summed E-state index contributed by atoms with van der Waals surface area (Å²) in [5.41, 5.74) is 3.45. The van der Waals surface area contributed by atoms with Gasteiger partial charge in [0, 0.05) is 25.8 Å². The van der Waals surface area contributed by atoms with Gasteiger partial charge in [-0.25, -0.2) is 4.98 Å². The highest BCUT2D eigenvalue weighted by Crippen LogP contribution is 2.17. The Bertz CT molecular complexity index is 1080. The summed E-state index contributed by atoms with van der Waals surface area (Å²) in [6, 6.07) is 17.7. The third-order valence-corrected chi connectivity index (χ3v) is 5.47. The number of carbonyl (C=O) groups excluding carboxylic acids is 1. The summed E-state index contributed by atoms with van der Waals surface area (Å²) in [4.78, 5) is 34.6. The third kappa shape index (κ3) is 4.59. The van der Waals surface area contributed by atoms with Crippen LogP contribution in [0.15, 0.2) is 59.4 Å². The fraction of sp³-hybridized carbons (Fsp3) is 0.292. The van der Waals surface area contributed by atoms with Gasteiger partial charge in [0.1, 0.15) is 11.6 Å². The lowest BCUT2D eigenvalue weighted by atomic mass is 10.0. The average Bonchev–Trinajstić information content (AvgIpc) is 2.78. The van der Waals surface area contributed by atoms with Crippen LogP contribution < -0.4 is 10.3 Å². The summed E-state index contributed by atoms with van der Waals surface area (Å²) < 4.78 is 5.18. The van der Waals surface area contributed by atoms with Crippen molar-refractivity contribution in [2.75, 3.05) is 13.7 Å². The minimum Gasteiger partial charge on any atom is -0.497 e. The number of ether oxygens (including phenoxy) is 1. The van der Waals surface area contributed by atoms with Gasteiger partial charge in [-0.15, -0.1) is 0 Å². The van der Waals surface area contributed by atoms with E-state index in [0.717, 1.165) is 22.6 Å². The molecule has 2 heterocycles. The third-order valence-electron chi connectivity index (χ3n) is 5.47. The lowest BCUT2D eigenvalue weighted by molar-refractivity contribution is -0.132. The number of fused-ring (bicyclic) bond motifs is 1. The molecule has 1 amide bonds. The summed E-state index contributed by atoms with van der Waals surface area (Å²) in [6.45, 7) is 0.924. The highest BCUT2D eigenvalue weighted by Gasteiger charge is 2.24. The van der Waals surface area contributed by atoms with E-state index in [-0.39, 0.29) is 11.5 Å². The Morgan fingerprint density at radius 2 is 1.87 bits per heavy atom. The summed E-state index contributed by atoms with van der Waals surface area (Å²) in [5, 5.41) is 0. The number of rotatable bonds is 6. The molecule has 4 rings (SSSR count). The number of carbonyl (C=O) groups is 1. The molecule has 0 saturated carbocycles. The summed E-state index contributed by atoms with van der Waals surface area (Å²) >= 11 is 0. The normalized spacial score (nSPS) is 13.0. The number of hydrogen-bond acceptors (Lipinski definition) is 4. The molecule has 0 atom stereocenters. The van der Waals surface area contributed by atoms with Gasteiger partial charge in [-0.05, 0) is 29.7 Å². The molecule has 0 fully saturated rings. The smallest absolute Gasteiger partial charge is 0.256 e. The second kappa shape index (κ2) is 8.95. The van der Waals surface area contributed by atoms with E-state index in [1.807, 2.05) is 54.6 Å². The number of amides is 1. The maximum atomic E-state index is 12.7. The van der Waals surface area contributed by atoms with Gasteiger partial charge in [0.25, 0.3) is 5.56 Å². The zero-order chi connectivity index (χ0) is 20.9. The van der Waals surface area contributed by atoms with Crippen molar-refractivity contribution in [3.63, 3.8) is 0 Å². The van der Waals surface area contributed by atoms with E-state index in [9.17, 15) is 9.59 Å². The van der Waals surface area contributed by atoms with Gasteiger partial charge < -0.3 is 14.6 Å². The Labute approximate surface area is 175 Å². The Hall–Kier alpha value is -3.41. The van der Waals surface area contributed by atoms with Crippen molar-refractivity contribution in [2.24, 2.45) is 0 Å². The first-order valence-corrected chi connectivity index (χ1v) is 10.2. The molecule has 1 N–H and O–H groups in total. The van der Waals surface area contributed by atoms with E-state index in [1.54, 1.807) is 12.0 Å². The lowest BCUT2D eigenvalue weighted by Crippen LogP contribution is -2.40. The highest BCUT2D eigenvalue weighted by molar-refractivity contribution is 5.76. The molecule has 6 heteroatoms. The molecule has 0 spiro atoms. The van der Waals surface area contributed by atoms with E-state index >= 15 is 0 Å². The van der Waals surface area contributed by atoms with Gasteiger partial charge in [-0.2, -0.15) is 0 Å². The SMILES string of the molecule is COc1ccc(Cc2nc3c(c(=O)[nH]2)CN(C(=O)CCc2ccccc2)CC3)cc1. The first kappa shape index (κ1) is 19.9. The van der Waals surface area contributed by atoms with Crippen LogP contribution in [0, 0.1) is 0 Å². The molecule has 1 aliphatic heterocycles. The van der Waals surface area contributed by atoms with Crippen LogP contribution in [0.1, 0.15) is 34.6 Å². The highest BCUT2D eigenvalue weighted by atomic mass is 16.5. The van der Waals surface area contributed by atoms with Gasteiger partial charge in [0.15, 0.2) is 0 Å². The van der Waals surface area contributed by atoms with Crippen LogP contribution in [0.3, 0.4) is 0 Å². The number of benzene rings is 2. The molecular formula is C24H25N3O3. The number of methoxy groups -OCH3 is 1. The average molecular weight is 403 g/mol. The number of H-pyrrole nitrogens is 1. The van der Waals surface area contributed by atoms with Gasteiger partial charge in [0.2, 0.25) is 5.91 Å². The zero-order valence-electron chi connectivity index (χ0n) is 17.1. The lowest BCUT2D eigenvalue weighted by Gasteiger charge is -2.28. The minimum atomic E-state index is -0.149. The Balaban J connectivity index is 1.42. The quantitative estimate of drug-likeness (QED) is 0.687. The van der Waals surface area contributed by atoms with Crippen LogP contribution in [-0.2, 0) is 30.6 Å². The standard InChI is InChI=1S/C24H25N3O3/c1-30-19-10-7-18(8-11-19)15-22-25-21-13-14-27(16-20(21)24(29)26-22)23(28)12-9-17-5-3-2-4-6-17/h2-8,10-11H,9,12-16H2,1H3,(H,25,26,29). The van der Waals surface area contributed by atoms with Gasteiger partial charge in [-0.1, -0.05) is 42.5 Å². The topological polar surface area (TPSA) is 75.3 Å². The Morgan fingerprint density at radius 3 is 2.60 bits per heavy atom. The predicted molar refractivity (Wildman–Crippen MR) is 115 cm³/mol. The molecule has 154 valence electrons. The number of aromatic nitrogens is 2. The maximum Gasteiger partial charge on any atom is 0.256 e. The molecule has 3 aromatic rings. The van der Waals surface area contributed by atoms with Crippen molar-refractivity contribution in [1.82, 2.24) is 14.9 Å². The van der Waals surface area contributed by atoms with E-state index in [0.29, 0.717) is 50.2 Å². The number of nitrogens with one attached hydrogen (secondary N) is 1. The van der Waals surface area contributed by atoms with Gasteiger partial charge >= 0.3 is 0 Å². The van der Waals surface area contributed by atoms with Crippen molar-refractivity contribution in [3.8, 4) is 5.75 Å². The molecule has 6 nitrogen and oxygen atoms in total. The van der Waals surface area contributed by atoms with Crippen LogP contribution in [0.25, 0.3) is 0 Å². The monoisotopic (exact) mass is 403 g/mol. The van der Waals surface area contributed by atoms with Crippen molar-refractivity contribution < 1.29 is 9.53 Å². The van der Waals surface area contributed by atoms with Gasteiger partial charge in [0.05, 0.1) is 24.9 Å². The van der Waals surface area contributed by atoms with Crippen LogP contribution in [0.2, 0.25) is 0 Å². The number of aromatic amines is 1. The Kier molecular flexibility index (Phi) is 5.93. The first-order valence-electron chi connectivity index (χ1n) is 10.2. The first-order chi connectivity index (χ1) is 14.6. The number of aryl methyl sites for hydroxylation is 1. The number of hydrogen-bond donors (Lipinski definition) is 1. The molecule has 0 radical (unpaired) electrons. The van der Waals surface area contributed by atoms with E-state index in [2.05, 4.69) is 9.97 Å². The fourth-order valence-corrected chi connectivity index (χ4v) is 3.76. The van der Waals surface area contributed by atoms with Crippen LogP contribution in [-0.4, -0.2) is 34.4 Å². The molecule has 0 unspecified atom stereocenters. The maximum absolute atomic E-state index is 12.7.